The van der Waals surface area contributed by atoms with Gasteiger partial charge in [-0.1, -0.05) is 182 Å². The third-order valence-corrected chi connectivity index (χ3v) is 11.8. The standard InChI is InChI=1S/C52H35NS/c1-3-12-36(13-4-1)38-22-24-41(25-23-38)45-17-9-10-21-50(45)53(43-31-26-39(27-32-43)37-14-5-2-6-15-37)44-33-28-42(29-34-44)47-19-11-20-48-49-35-30-40-16-7-8-18-46(40)52(49)54-51(47)48/h1-35H. The van der Waals surface area contributed by atoms with Gasteiger partial charge in [0.15, 0.2) is 0 Å². The molecule has 0 saturated heterocycles. The first-order valence-electron chi connectivity index (χ1n) is 18.4. The molecule has 0 aliphatic heterocycles. The highest BCUT2D eigenvalue weighted by molar-refractivity contribution is 7.27. The lowest BCUT2D eigenvalue weighted by Gasteiger charge is -2.28. The summed E-state index contributed by atoms with van der Waals surface area (Å²) in [4.78, 5) is 2.39. The molecule has 10 aromatic rings. The fraction of sp³-hybridized carbons (Fsp3) is 0. The van der Waals surface area contributed by atoms with Crippen molar-refractivity contribution in [2.45, 2.75) is 0 Å². The highest BCUT2D eigenvalue weighted by atomic mass is 32.1. The maximum atomic E-state index is 2.39. The van der Waals surface area contributed by atoms with Gasteiger partial charge in [-0.2, -0.15) is 0 Å². The average molecular weight is 706 g/mol. The summed E-state index contributed by atoms with van der Waals surface area (Å²) in [5.74, 6) is 0. The zero-order valence-electron chi connectivity index (χ0n) is 29.6. The molecule has 0 fully saturated rings. The first-order valence-corrected chi connectivity index (χ1v) is 19.2. The maximum absolute atomic E-state index is 2.39. The number of fused-ring (bicyclic) bond motifs is 5. The van der Waals surface area contributed by atoms with Crippen LogP contribution in [0.5, 0.6) is 0 Å². The number of benzene rings is 9. The second-order valence-electron chi connectivity index (χ2n) is 13.7. The van der Waals surface area contributed by atoms with Crippen LogP contribution in [0, 0.1) is 0 Å². The predicted molar refractivity (Wildman–Crippen MR) is 233 cm³/mol. The fourth-order valence-corrected chi connectivity index (χ4v) is 9.16. The van der Waals surface area contributed by atoms with Crippen molar-refractivity contribution in [1.29, 1.82) is 0 Å². The zero-order chi connectivity index (χ0) is 35.8. The number of hydrogen-bond donors (Lipinski definition) is 0. The SMILES string of the molecule is c1ccc(-c2ccc(-c3ccccc3N(c3ccc(-c4ccccc4)cc3)c3ccc(-c4cccc5c4sc4c6ccccc6ccc54)cc3)cc2)cc1. The lowest BCUT2D eigenvalue weighted by Crippen LogP contribution is -2.11. The van der Waals surface area contributed by atoms with E-state index in [9.17, 15) is 0 Å². The molecule has 0 bridgehead atoms. The third-order valence-electron chi connectivity index (χ3n) is 10.5. The molecule has 9 aromatic carbocycles. The molecule has 1 aromatic heterocycles. The minimum atomic E-state index is 1.11. The lowest BCUT2D eigenvalue weighted by molar-refractivity contribution is 1.28. The van der Waals surface area contributed by atoms with Gasteiger partial charge in [-0.15, -0.1) is 11.3 Å². The van der Waals surface area contributed by atoms with Crippen molar-refractivity contribution in [2.24, 2.45) is 0 Å². The number of para-hydroxylation sites is 1. The molecule has 0 N–H and O–H groups in total. The topological polar surface area (TPSA) is 3.24 Å². The minimum absolute atomic E-state index is 1.11. The van der Waals surface area contributed by atoms with E-state index in [-0.39, 0.29) is 0 Å². The highest BCUT2D eigenvalue weighted by Gasteiger charge is 2.19. The Kier molecular flexibility index (Phi) is 8.09. The molecule has 254 valence electrons. The van der Waals surface area contributed by atoms with E-state index in [4.69, 9.17) is 0 Å². The van der Waals surface area contributed by atoms with Gasteiger partial charge in [0.2, 0.25) is 0 Å². The van der Waals surface area contributed by atoms with Crippen LogP contribution < -0.4 is 4.90 Å². The van der Waals surface area contributed by atoms with Gasteiger partial charge in [0.25, 0.3) is 0 Å². The van der Waals surface area contributed by atoms with Crippen LogP contribution in [-0.2, 0) is 0 Å². The number of rotatable bonds is 7. The van der Waals surface area contributed by atoms with Gasteiger partial charge in [0.1, 0.15) is 0 Å². The molecule has 1 heterocycles. The van der Waals surface area contributed by atoms with Crippen LogP contribution in [0.15, 0.2) is 212 Å². The number of thiophene rings is 1. The van der Waals surface area contributed by atoms with E-state index in [0.717, 1.165) is 17.1 Å². The van der Waals surface area contributed by atoms with Crippen molar-refractivity contribution in [3.8, 4) is 44.5 Å². The van der Waals surface area contributed by atoms with Gasteiger partial charge in [-0.05, 0) is 80.0 Å². The van der Waals surface area contributed by atoms with E-state index in [1.807, 2.05) is 11.3 Å². The Morgan fingerprint density at radius 2 is 0.741 bits per heavy atom. The van der Waals surface area contributed by atoms with E-state index in [1.54, 1.807) is 0 Å². The summed E-state index contributed by atoms with van der Waals surface area (Å²) in [5, 5.41) is 5.24. The number of anilines is 3. The van der Waals surface area contributed by atoms with E-state index in [1.165, 1.54) is 75.5 Å². The van der Waals surface area contributed by atoms with E-state index >= 15 is 0 Å². The molecule has 0 saturated carbocycles. The van der Waals surface area contributed by atoms with Crippen LogP contribution in [0.25, 0.3) is 75.5 Å². The highest BCUT2D eigenvalue weighted by Crippen LogP contribution is 2.45. The van der Waals surface area contributed by atoms with Gasteiger partial charge in [0, 0.05) is 37.1 Å². The smallest absolute Gasteiger partial charge is 0.0540 e. The maximum Gasteiger partial charge on any atom is 0.0540 e. The predicted octanol–water partition coefficient (Wildman–Crippen LogP) is 15.3. The molecular formula is C52H35NS. The summed E-state index contributed by atoms with van der Waals surface area (Å²) in [6.45, 7) is 0. The Morgan fingerprint density at radius 3 is 1.43 bits per heavy atom. The van der Waals surface area contributed by atoms with Crippen molar-refractivity contribution in [3.63, 3.8) is 0 Å². The average Bonchev–Trinajstić information content (AvgIpc) is 3.65. The summed E-state index contributed by atoms with van der Waals surface area (Å²) in [5.41, 5.74) is 13.0. The Balaban J connectivity index is 1.08. The zero-order valence-corrected chi connectivity index (χ0v) is 30.4. The Morgan fingerprint density at radius 1 is 0.278 bits per heavy atom. The molecule has 0 aliphatic carbocycles. The van der Waals surface area contributed by atoms with Crippen molar-refractivity contribution < 1.29 is 0 Å². The lowest BCUT2D eigenvalue weighted by atomic mass is 9.97. The van der Waals surface area contributed by atoms with Crippen molar-refractivity contribution in [3.05, 3.63) is 212 Å². The molecule has 0 atom stereocenters. The number of hydrogen-bond acceptors (Lipinski definition) is 2. The molecular weight excluding hydrogens is 671 g/mol. The van der Waals surface area contributed by atoms with Crippen molar-refractivity contribution >= 4 is 59.3 Å². The van der Waals surface area contributed by atoms with Crippen molar-refractivity contribution in [1.82, 2.24) is 0 Å². The molecule has 0 aliphatic rings. The molecule has 0 amide bonds. The van der Waals surface area contributed by atoms with E-state index in [0.29, 0.717) is 0 Å². The summed E-state index contributed by atoms with van der Waals surface area (Å²) in [6, 6.07) is 76.9. The summed E-state index contributed by atoms with van der Waals surface area (Å²) in [6.07, 6.45) is 0. The Bertz CT molecular complexity index is 2890. The quantitative estimate of drug-likeness (QED) is 0.160. The van der Waals surface area contributed by atoms with E-state index < -0.39 is 0 Å². The van der Waals surface area contributed by atoms with Gasteiger partial charge in [0.05, 0.1) is 5.69 Å². The van der Waals surface area contributed by atoms with Gasteiger partial charge in [-0.3, -0.25) is 0 Å². The number of nitrogens with zero attached hydrogens (tertiary/aromatic N) is 1. The molecule has 2 heteroatoms. The van der Waals surface area contributed by atoms with Crippen LogP contribution in [-0.4, -0.2) is 0 Å². The van der Waals surface area contributed by atoms with Crippen LogP contribution >= 0.6 is 11.3 Å². The second kappa shape index (κ2) is 13.7. The molecule has 54 heavy (non-hydrogen) atoms. The normalized spacial score (nSPS) is 11.3. The van der Waals surface area contributed by atoms with Crippen LogP contribution in [0.1, 0.15) is 0 Å². The van der Waals surface area contributed by atoms with E-state index in [2.05, 4.69) is 217 Å². The summed E-state index contributed by atoms with van der Waals surface area (Å²) < 4.78 is 2.68. The van der Waals surface area contributed by atoms with Crippen LogP contribution in [0.2, 0.25) is 0 Å². The monoisotopic (exact) mass is 705 g/mol. The molecule has 0 radical (unpaired) electrons. The molecule has 1 nitrogen and oxygen atoms in total. The van der Waals surface area contributed by atoms with Crippen LogP contribution in [0.3, 0.4) is 0 Å². The summed E-state index contributed by atoms with van der Waals surface area (Å²) in [7, 11) is 0. The van der Waals surface area contributed by atoms with Gasteiger partial charge in [-0.25, -0.2) is 0 Å². The Hall–Kier alpha value is -6.74. The first kappa shape index (κ1) is 32.0. The fourth-order valence-electron chi connectivity index (χ4n) is 7.79. The molecule has 0 spiro atoms. The third kappa shape index (κ3) is 5.74. The van der Waals surface area contributed by atoms with Gasteiger partial charge < -0.3 is 4.90 Å². The van der Waals surface area contributed by atoms with Crippen molar-refractivity contribution in [2.75, 3.05) is 4.90 Å². The molecule has 10 rings (SSSR count). The van der Waals surface area contributed by atoms with Crippen LogP contribution in [0.4, 0.5) is 17.1 Å². The second-order valence-corrected chi connectivity index (χ2v) is 14.7. The summed E-state index contributed by atoms with van der Waals surface area (Å²) >= 11 is 1.90. The Labute approximate surface area is 319 Å². The minimum Gasteiger partial charge on any atom is -0.310 e. The first-order chi connectivity index (χ1) is 26.8. The molecule has 0 unspecified atom stereocenters. The van der Waals surface area contributed by atoms with Gasteiger partial charge >= 0.3 is 0 Å². The largest absolute Gasteiger partial charge is 0.310 e.